The van der Waals surface area contributed by atoms with Crippen LogP contribution in [0.15, 0.2) is 54.6 Å². The molecule has 0 spiro atoms. The summed E-state index contributed by atoms with van der Waals surface area (Å²) < 4.78 is 0. The molecule has 0 aliphatic carbocycles. The zero-order valence-corrected chi connectivity index (χ0v) is 15.2. The van der Waals surface area contributed by atoms with E-state index >= 15 is 0 Å². The Hall–Kier alpha value is -2.82. The first-order valence-electron chi connectivity index (χ1n) is 9.04. The normalized spacial score (nSPS) is 14.0. The Morgan fingerprint density at radius 2 is 1.73 bits per heavy atom. The van der Waals surface area contributed by atoms with Gasteiger partial charge in [-0.15, -0.1) is 0 Å². The van der Waals surface area contributed by atoms with Crippen LogP contribution in [-0.4, -0.2) is 24.5 Å². The fourth-order valence-electron chi connectivity index (χ4n) is 3.22. The molecule has 2 N–H and O–H groups in total. The van der Waals surface area contributed by atoms with E-state index in [1.54, 1.807) is 4.90 Å². The number of amides is 3. The van der Waals surface area contributed by atoms with Crippen molar-refractivity contribution in [3.05, 3.63) is 65.7 Å². The summed E-state index contributed by atoms with van der Waals surface area (Å²) in [5.74, 6) is -0.0578. The Kier molecular flexibility index (Phi) is 5.56. The summed E-state index contributed by atoms with van der Waals surface area (Å²) >= 11 is 0. The maximum Gasteiger partial charge on any atom is 0.315 e. The Balaban J connectivity index is 1.64. The molecule has 5 heteroatoms. The fourth-order valence-corrected chi connectivity index (χ4v) is 3.22. The molecule has 3 rings (SSSR count). The lowest BCUT2D eigenvalue weighted by molar-refractivity contribution is -0.121. The summed E-state index contributed by atoms with van der Waals surface area (Å²) in [6.45, 7) is 4.98. The average Bonchev–Trinajstić information content (AvgIpc) is 3.08. The second kappa shape index (κ2) is 8.04. The Bertz CT molecular complexity index is 774. The van der Waals surface area contributed by atoms with Gasteiger partial charge in [0.05, 0.1) is 0 Å². The molecule has 2 aromatic carbocycles. The van der Waals surface area contributed by atoms with E-state index in [2.05, 4.69) is 10.6 Å². The molecule has 1 aliphatic rings. The van der Waals surface area contributed by atoms with Crippen molar-refractivity contribution in [1.29, 1.82) is 0 Å². The Morgan fingerprint density at radius 1 is 1.04 bits per heavy atom. The van der Waals surface area contributed by atoms with Crippen molar-refractivity contribution in [1.82, 2.24) is 10.6 Å². The van der Waals surface area contributed by atoms with Crippen LogP contribution in [0.4, 0.5) is 10.5 Å². The lowest BCUT2D eigenvalue weighted by Crippen LogP contribution is -2.53. The maximum atomic E-state index is 13.0. The summed E-state index contributed by atoms with van der Waals surface area (Å²) in [7, 11) is 0. The minimum atomic E-state index is -0.558. The third-order valence-electron chi connectivity index (χ3n) is 4.67. The zero-order valence-electron chi connectivity index (χ0n) is 15.2. The van der Waals surface area contributed by atoms with Gasteiger partial charge in [0, 0.05) is 18.8 Å². The first-order chi connectivity index (χ1) is 12.6. The highest BCUT2D eigenvalue weighted by atomic mass is 16.2. The Morgan fingerprint density at radius 3 is 2.46 bits per heavy atom. The molecular weight excluding hydrogens is 326 g/mol. The number of anilines is 1. The van der Waals surface area contributed by atoms with Gasteiger partial charge in [0.15, 0.2) is 0 Å². The van der Waals surface area contributed by atoms with Crippen LogP contribution in [0, 0.1) is 5.92 Å². The van der Waals surface area contributed by atoms with Crippen molar-refractivity contribution in [3.63, 3.8) is 0 Å². The summed E-state index contributed by atoms with van der Waals surface area (Å²) in [5, 5.41) is 5.68. The molecule has 0 saturated heterocycles. The largest absolute Gasteiger partial charge is 0.334 e. The molecular formula is C21H25N3O2. The van der Waals surface area contributed by atoms with Crippen LogP contribution < -0.4 is 15.5 Å². The van der Waals surface area contributed by atoms with E-state index in [0.717, 1.165) is 17.7 Å². The number of urea groups is 1. The van der Waals surface area contributed by atoms with Crippen LogP contribution in [0.25, 0.3) is 0 Å². The number of carbonyl (C=O) groups excluding carboxylic acids is 2. The van der Waals surface area contributed by atoms with Crippen molar-refractivity contribution in [2.24, 2.45) is 5.92 Å². The number of para-hydroxylation sites is 1. The highest BCUT2D eigenvalue weighted by Gasteiger charge is 2.32. The van der Waals surface area contributed by atoms with Crippen molar-refractivity contribution in [2.45, 2.75) is 32.9 Å². The molecule has 0 unspecified atom stereocenters. The SMILES string of the molecule is CC(C)[C@@H](NC(=O)NCc1ccccc1)C(=O)N1CCc2ccccc21. The number of hydrogen-bond donors (Lipinski definition) is 2. The molecule has 136 valence electrons. The molecule has 0 saturated carbocycles. The topological polar surface area (TPSA) is 61.4 Å². The number of fused-ring (bicyclic) bond motifs is 1. The molecule has 0 aromatic heterocycles. The van der Waals surface area contributed by atoms with Gasteiger partial charge in [-0.1, -0.05) is 62.4 Å². The number of hydrogen-bond acceptors (Lipinski definition) is 2. The lowest BCUT2D eigenvalue weighted by Gasteiger charge is -2.27. The highest BCUT2D eigenvalue weighted by molar-refractivity contribution is 6.00. The van der Waals surface area contributed by atoms with Crippen LogP contribution in [0.3, 0.4) is 0 Å². The van der Waals surface area contributed by atoms with E-state index in [1.165, 1.54) is 5.56 Å². The summed E-state index contributed by atoms with van der Waals surface area (Å²) in [6, 6.07) is 16.8. The highest BCUT2D eigenvalue weighted by Crippen LogP contribution is 2.28. The van der Waals surface area contributed by atoms with Crippen LogP contribution in [0.5, 0.6) is 0 Å². The van der Waals surface area contributed by atoms with Crippen LogP contribution in [0.2, 0.25) is 0 Å². The fraction of sp³-hybridized carbons (Fsp3) is 0.333. The summed E-state index contributed by atoms with van der Waals surface area (Å²) in [6.07, 6.45) is 0.854. The summed E-state index contributed by atoms with van der Waals surface area (Å²) in [5.41, 5.74) is 3.15. The molecule has 0 bridgehead atoms. The zero-order chi connectivity index (χ0) is 18.5. The van der Waals surface area contributed by atoms with E-state index < -0.39 is 6.04 Å². The molecule has 1 atom stereocenters. The van der Waals surface area contributed by atoms with Crippen LogP contribution in [-0.2, 0) is 17.8 Å². The number of nitrogens with zero attached hydrogens (tertiary/aromatic N) is 1. The van der Waals surface area contributed by atoms with E-state index in [-0.39, 0.29) is 17.9 Å². The second-order valence-corrected chi connectivity index (χ2v) is 6.90. The molecule has 26 heavy (non-hydrogen) atoms. The monoisotopic (exact) mass is 351 g/mol. The smallest absolute Gasteiger partial charge is 0.315 e. The van der Waals surface area contributed by atoms with E-state index in [1.807, 2.05) is 68.4 Å². The van der Waals surface area contributed by atoms with Crippen molar-refractivity contribution >= 4 is 17.6 Å². The lowest BCUT2D eigenvalue weighted by atomic mass is 10.0. The van der Waals surface area contributed by atoms with Gasteiger partial charge in [-0.05, 0) is 29.5 Å². The predicted octanol–water partition coefficient (Wildman–Crippen LogP) is 3.10. The first-order valence-corrected chi connectivity index (χ1v) is 9.04. The number of nitrogens with one attached hydrogen (secondary N) is 2. The van der Waals surface area contributed by atoms with Gasteiger partial charge in [0.25, 0.3) is 0 Å². The van der Waals surface area contributed by atoms with Gasteiger partial charge < -0.3 is 15.5 Å². The molecule has 1 heterocycles. The maximum absolute atomic E-state index is 13.0. The second-order valence-electron chi connectivity index (χ2n) is 6.90. The summed E-state index contributed by atoms with van der Waals surface area (Å²) in [4.78, 5) is 27.1. The van der Waals surface area contributed by atoms with Crippen molar-refractivity contribution in [3.8, 4) is 0 Å². The van der Waals surface area contributed by atoms with Crippen molar-refractivity contribution < 1.29 is 9.59 Å². The van der Waals surface area contributed by atoms with Gasteiger partial charge in [-0.25, -0.2) is 4.79 Å². The van der Waals surface area contributed by atoms with Crippen LogP contribution in [0.1, 0.15) is 25.0 Å². The van der Waals surface area contributed by atoms with Crippen molar-refractivity contribution in [2.75, 3.05) is 11.4 Å². The quantitative estimate of drug-likeness (QED) is 0.869. The van der Waals surface area contributed by atoms with Crippen LogP contribution >= 0.6 is 0 Å². The molecule has 1 aliphatic heterocycles. The minimum Gasteiger partial charge on any atom is -0.334 e. The molecule has 0 fully saturated rings. The molecule has 5 nitrogen and oxygen atoms in total. The molecule has 0 radical (unpaired) electrons. The number of carbonyl (C=O) groups is 2. The third-order valence-corrected chi connectivity index (χ3v) is 4.67. The number of rotatable bonds is 5. The first kappa shape index (κ1) is 18.0. The van der Waals surface area contributed by atoms with Gasteiger partial charge in [0.1, 0.15) is 6.04 Å². The van der Waals surface area contributed by atoms with Gasteiger partial charge in [0.2, 0.25) is 5.91 Å². The minimum absolute atomic E-state index is 0.00209. The van der Waals surface area contributed by atoms with E-state index in [0.29, 0.717) is 13.1 Å². The van der Waals surface area contributed by atoms with E-state index in [4.69, 9.17) is 0 Å². The molecule has 2 aromatic rings. The predicted molar refractivity (Wildman–Crippen MR) is 103 cm³/mol. The van der Waals surface area contributed by atoms with Gasteiger partial charge in [-0.2, -0.15) is 0 Å². The average molecular weight is 351 g/mol. The third kappa shape index (κ3) is 4.04. The number of benzene rings is 2. The molecule has 3 amide bonds. The standard InChI is InChI=1S/C21H25N3O2/c1-15(2)19(23-21(26)22-14-16-8-4-3-5-9-16)20(25)24-13-12-17-10-6-7-11-18(17)24/h3-11,15,19H,12-14H2,1-2H3,(H2,22,23,26)/t19-/m1/s1. The van der Waals surface area contributed by atoms with E-state index in [9.17, 15) is 9.59 Å². The Labute approximate surface area is 154 Å². The van der Waals surface area contributed by atoms with Gasteiger partial charge >= 0.3 is 6.03 Å². The van der Waals surface area contributed by atoms with Gasteiger partial charge in [-0.3, -0.25) is 4.79 Å².